The number of amides is 2. The third-order valence-corrected chi connectivity index (χ3v) is 4.97. The monoisotopic (exact) mass is 454 g/mol. The van der Waals surface area contributed by atoms with Gasteiger partial charge in [-0.05, 0) is 60.0 Å². The molecule has 1 unspecified atom stereocenters. The Kier molecular flexibility index (Phi) is 7.96. The van der Waals surface area contributed by atoms with Gasteiger partial charge in [0.15, 0.2) is 11.5 Å². The largest absolute Gasteiger partial charge is 0.493 e. The summed E-state index contributed by atoms with van der Waals surface area (Å²) in [4.78, 5) is 25.1. The third-order valence-electron chi connectivity index (χ3n) is 4.97. The summed E-state index contributed by atoms with van der Waals surface area (Å²) in [7, 11) is 2.94. The summed E-state index contributed by atoms with van der Waals surface area (Å²) in [6.45, 7) is -0.303. The van der Waals surface area contributed by atoms with Gasteiger partial charge in [-0.15, -0.1) is 0 Å². The number of hydrogen-bond acceptors (Lipinski definition) is 4. The van der Waals surface area contributed by atoms with E-state index in [0.717, 1.165) is 0 Å². The Morgan fingerprint density at radius 3 is 2.24 bits per heavy atom. The minimum Gasteiger partial charge on any atom is -0.493 e. The van der Waals surface area contributed by atoms with Crippen LogP contribution in [0.4, 0.5) is 8.78 Å². The zero-order chi connectivity index (χ0) is 23.8. The van der Waals surface area contributed by atoms with E-state index in [1.807, 2.05) is 0 Å². The highest BCUT2D eigenvalue weighted by Gasteiger charge is 2.18. The van der Waals surface area contributed by atoms with Crippen molar-refractivity contribution < 1.29 is 27.8 Å². The van der Waals surface area contributed by atoms with Crippen LogP contribution in [0.3, 0.4) is 0 Å². The molecule has 3 aromatic rings. The summed E-state index contributed by atoms with van der Waals surface area (Å²) in [6.07, 6.45) is 0.247. The van der Waals surface area contributed by atoms with Gasteiger partial charge in [-0.25, -0.2) is 8.78 Å². The van der Waals surface area contributed by atoms with Crippen LogP contribution in [0.5, 0.6) is 11.5 Å². The number of carbonyl (C=O) groups excluding carboxylic acids is 2. The molecule has 0 aliphatic carbocycles. The highest BCUT2D eigenvalue weighted by molar-refractivity contribution is 5.97. The molecule has 0 aliphatic rings. The minimum atomic E-state index is -0.618. The summed E-state index contributed by atoms with van der Waals surface area (Å²) < 4.78 is 37.7. The molecular formula is C25H24F2N2O4. The maximum Gasteiger partial charge on any atom is 0.251 e. The maximum atomic E-state index is 13.8. The second-order valence-electron chi connectivity index (χ2n) is 7.26. The predicted molar refractivity (Wildman–Crippen MR) is 119 cm³/mol. The van der Waals surface area contributed by atoms with Gasteiger partial charge in [-0.3, -0.25) is 9.59 Å². The lowest BCUT2D eigenvalue weighted by Crippen LogP contribution is -2.39. The van der Waals surface area contributed by atoms with Gasteiger partial charge in [0.1, 0.15) is 11.6 Å². The van der Waals surface area contributed by atoms with Crippen molar-refractivity contribution in [2.24, 2.45) is 0 Å². The molecule has 33 heavy (non-hydrogen) atoms. The van der Waals surface area contributed by atoms with Crippen molar-refractivity contribution in [2.75, 3.05) is 20.8 Å². The number of methoxy groups -OCH3 is 2. The number of rotatable bonds is 9. The van der Waals surface area contributed by atoms with Crippen molar-refractivity contribution in [1.29, 1.82) is 0 Å². The molecule has 6 nitrogen and oxygen atoms in total. The van der Waals surface area contributed by atoms with E-state index in [2.05, 4.69) is 10.6 Å². The molecule has 0 spiro atoms. The van der Waals surface area contributed by atoms with E-state index in [1.165, 1.54) is 50.6 Å². The Labute approximate surface area is 190 Å². The van der Waals surface area contributed by atoms with Gasteiger partial charge in [-0.1, -0.05) is 24.3 Å². The fourth-order valence-corrected chi connectivity index (χ4v) is 3.36. The molecule has 2 amide bonds. The van der Waals surface area contributed by atoms with E-state index in [1.54, 1.807) is 30.3 Å². The molecule has 0 aliphatic heterocycles. The summed E-state index contributed by atoms with van der Waals surface area (Å²) in [5, 5.41) is 5.34. The molecule has 0 bridgehead atoms. The normalized spacial score (nSPS) is 11.4. The molecule has 0 saturated carbocycles. The van der Waals surface area contributed by atoms with Crippen LogP contribution in [-0.4, -0.2) is 32.6 Å². The number of halogens is 2. The van der Waals surface area contributed by atoms with Gasteiger partial charge < -0.3 is 20.1 Å². The summed E-state index contributed by atoms with van der Waals surface area (Å²) in [6, 6.07) is 15.8. The van der Waals surface area contributed by atoms with Gasteiger partial charge in [0.25, 0.3) is 5.91 Å². The van der Waals surface area contributed by atoms with E-state index in [9.17, 15) is 18.4 Å². The Bertz CT molecular complexity index is 1140. The average Bonchev–Trinajstić information content (AvgIpc) is 2.81. The lowest BCUT2D eigenvalue weighted by Gasteiger charge is -2.20. The molecule has 0 heterocycles. The fraction of sp³-hybridized carbons (Fsp3) is 0.200. The molecular weight excluding hydrogens is 430 g/mol. The van der Waals surface area contributed by atoms with Gasteiger partial charge in [0.05, 0.1) is 26.8 Å². The predicted octanol–water partition coefficient (Wildman–Crippen LogP) is 3.81. The lowest BCUT2D eigenvalue weighted by molar-refractivity contribution is -0.120. The van der Waals surface area contributed by atoms with Crippen LogP contribution in [0.1, 0.15) is 27.5 Å². The number of nitrogens with one attached hydrogen (secondary N) is 2. The van der Waals surface area contributed by atoms with E-state index in [-0.39, 0.29) is 13.0 Å². The molecule has 0 fully saturated rings. The van der Waals surface area contributed by atoms with E-state index < -0.39 is 29.5 Å². The van der Waals surface area contributed by atoms with E-state index in [4.69, 9.17) is 9.47 Å². The van der Waals surface area contributed by atoms with E-state index >= 15 is 0 Å². The van der Waals surface area contributed by atoms with Gasteiger partial charge >= 0.3 is 0 Å². The zero-order valence-electron chi connectivity index (χ0n) is 18.2. The van der Waals surface area contributed by atoms with Crippen LogP contribution in [0.25, 0.3) is 0 Å². The van der Waals surface area contributed by atoms with Crippen LogP contribution < -0.4 is 20.1 Å². The highest BCUT2D eigenvalue weighted by atomic mass is 19.1. The standard InChI is InChI=1S/C25H24F2N2O4/c1-32-22-10-9-18(14-23(22)33-2)25(31)28-15-24(30)29-21(17-6-4-8-20(27)13-17)12-16-5-3-7-19(26)11-16/h3-11,13-14,21H,12,15H2,1-2H3,(H,28,31)(H,29,30). The topological polar surface area (TPSA) is 76.7 Å². The Balaban J connectivity index is 1.68. The SMILES string of the molecule is COc1ccc(C(=O)NCC(=O)NC(Cc2cccc(F)c2)c2cccc(F)c2)cc1OC. The van der Waals surface area contributed by atoms with Crippen LogP contribution in [0.2, 0.25) is 0 Å². The minimum absolute atomic E-state index is 0.247. The quantitative estimate of drug-likeness (QED) is 0.516. The number of benzene rings is 3. The van der Waals surface area contributed by atoms with Crippen molar-refractivity contribution in [3.63, 3.8) is 0 Å². The Morgan fingerprint density at radius 2 is 1.58 bits per heavy atom. The molecule has 172 valence electrons. The first-order valence-corrected chi connectivity index (χ1v) is 10.2. The third kappa shape index (κ3) is 6.52. The molecule has 1 atom stereocenters. The smallest absolute Gasteiger partial charge is 0.251 e. The van der Waals surface area contributed by atoms with Crippen LogP contribution in [-0.2, 0) is 11.2 Å². The van der Waals surface area contributed by atoms with Crippen molar-refractivity contribution in [1.82, 2.24) is 10.6 Å². The summed E-state index contributed by atoms with van der Waals surface area (Å²) in [5.41, 5.74) is 1.46. The number of carbonyl (C=O) groups is 2. The van der Waals surface area contributed by atoms with Crippen molar-refractivity contribution in [3.8, 4) is 11.5 Å². The fourth-order valence-electron chi connectivity index (χ4n) is 3.36. The second-order valence-corrected chi connectivity index (χ2v) is 7.26. The van der Waals surface area contributed by atoms with Gasteiger partial charge in [0, 0.05) is 5.56 Å². The van der Waals surface area contributed by atoms with Crippen LogP contribution in [0, 0.1) is 11.6 Å². The average molecular weight is 454 g/mol. The first-order chi connectivity index (χ1) is 15.9. The van der Waals surface area contributed by atoms with Crippen molar-refractivity contribution >= 4 is 11.8 Å². The molecule has 0 radical (unpaired) electrons. The second kappa shape index (κ2) is 11.1. The zero-order valence-corrected chi connectivity index (χ0v) is 18.2. The molecule has 0 aromatic heterocycles. The summed E-state index contributed by atoms with van der Waals surface area (Å²) >= 11 is 0. The van der Waals surface area contributed by atoms with E-state index in [0.29, 0.717) is 28.2 Å². The maximum absolute atomic E-state index is 13.8. The summed E-state index contributed by atoms with van der Waals surface area (Å²) in [5.74, 6) is -0.947. The van der Waals surface area contributed by atoms with Crippen molar-refractivity contribution in [2.45, 2.75) is 12.5 Å². The Hall–Kier alpha value is -3.94. The first kappa shape index (κ1) is 23.7. The highest BCUT2D eigenvalue weighted by Crippen LogP contribution is 2.27. The molecule has 3 aromatic carbocycles. The number of ether oxygens (including phenoxy) is 2. The van der Waals surface area contributed by atoms with Gasteiger partial charge in [0.2, 0.25) is 5.91 Å². The molecule has 8 heteroatoms. The van der Waals surface area contributed by atoms with Crippen LogP contribution in [0.15, 0.2) is 66.7 Å². The number of hydrogen-bond donors (Lipinski definition) is 2. The molecule has 2 N–H and O–H groups in total. The lowest BCUT2D eigenvalue weighted by atomic mass is 9.98. The van der Waals surface area contributed by atoms with Crippen molar-refractivity contribution in [3.05, 3.63) is 95.1 Å². The van der Waals surface area contributed by atoms with Crippen LogP contribution >= 0.6 is 0 Å². The Morgan fingerprint density at radius 1 is 0.879 bits per heavy atom. The van der Waals surface area contributed by atoms with Gasteiger partial charge in [-0.2, -0.15) is 0 Å². The molecule has 0 saturated heterocycles. The molecule has 3 rings (SSSR count). The first-order valence-electron chi connectivity index (χ1n) is 10.2.